The fourth-order valence-corrected chi connectivity index (χ4v) is 1.88. The summed E-state index contributed by atoms with van der Waals surface area (Å²) in [6.45, 7) is 10.2. The second-order valence-corrected chi connectivity index (χ2v) is 5.10. The number of hydrogen-bond acceptors (Lipinski definition) is 3. The zero-order valence-electron chi connectivity index (χ0n) is 12.3. The van der Waals surface area contributed by atoms with Gasteiger partial charge in [0, 0.05) is 6.04 Å². The molecule has 0 heterocycles. The molecule has 0 spiro atoms. The summed E-state index contributed by atoms with van der Waals surface area (Å²) in [4.78, 5) is 4.77. The standard InChI is InChI=1S/C16H24N2O/c1-11(2)12(3)16(17)10-14-6-8-15(9-7-14)13(4)18-19-5/h6-9,11,16H,3,10,17H2,1-2,4-5H3/b18-13-. The molecule has 0 bridgehead atoms. The lowest BCUT2D eigenvalue weighted by molar-refractivity contribution is 0.213. The van der Waals surface area contributed by atoms with Crippen LogP contribution in [-0.2, 0) is 11.3 Å². The van der Waals surface area contributed by atoms with Crippen LogP contribution in [0.2, 0.25) is 0 Å². The zero-order chi connectivity index (χ0) is 14.4. The van der Waals surface area contributed by atoms with Crippen molar-refractivity contribution < 1.29 is 4.84 Å². The maximum Gasteiger partial charge on any atom is 0.106 e. The van der Waals surface area contributed by atoms with Crippen LogP contribution in [0.1, 0.15) is 31.9 Å². The number of hydrogen-bond donors (Lipinski definition) is 1. The van der Waals surface area contributed by atoms with Gasteiger partial charge in [0.2, 0.25) is 0 Å². The average molecular weight is 260 g/mol. The number of nitrogens with zero attached hydrogens (tertiary/aromatic N) is 1. The highest BCUT2D eigenvalue weighted by atomic mass is 16.6. The Balaban J connectivity index is 2.72. The van der Waals surface area contributed by atoms with Crippen LogP contribution in [0, 0.1) is 5.92 Å². The smallest absolute Gasteiger partial charge is 0.106 e. The van der Waals surface area contributed by atoms with Crippen LogP contribution < -0.4 is 5.73 Å². The highest BCUT2D eigenvalue weighted by Gasteiger charge is 2.11. The lowest BCUT2D eigenvalue weighted by Gasteiger charge is -2.18. The van der Waals surface area contributed by atoms with Gasteiger partial charge in [0.1, 0.15) is 7.11 Å². The van der Waals surface area contributed by atoms with E-state index in [4.69, 9.17) is 10.6 Å². The molecule has 3 heteroatoms. The van der Waals surface area contributed by atoms with Crippen molar-refractivity contribution in [2.45, 2.75) is 33.2 Å². The number of oxime groups is 1. The molecule has 0 aliphatic heterocycles. The monoisotopic (exact) mass is 260 g/mol. The van der Waals surface area contributed by atoms with E-state index in [-0.39, 0.29) is 6.04 Å². The van der Waals surface area contributed by atoms with Crippen molar-refractivity contribution in [2.75, 3.05) is 7.11 Å². The predicted octanol–water partition coefficient (Wildman–Crippen LogP) is 3.14. The Morgan fingerprint density at radius 1 is 1.32 bits per heavy atom. The second kappa shape index (κ2) is 7.10. The van der Waals surface area contributed by atoms with E-state index in [1.54, 1.807) is 7.11 Å². The Labute approximate surface area is 116 Å². The molecule has 3 nitrogen and oxygen atoms in total. The van der Waals surface area contributed by atoms with Gasteiger partial charge in [0.15, 0.2) is 0 Å². The van der Waals surface area contributed by atoms with Gasteiger partial charge in [-0.25, -0.2) is 0 Å². The Kier molecular flexibility index (Phi) is 5.77. The topological polar surface area (TPSA) is 47.6 Å². The summed E-state index contributed by atoms with van der Waals surface area (Å²) in [7, 11) is 1.55. The molecular weight excluding hydrogens is 236 g/mol. The minimum Gasteiger partial charge on any atom is -0.399 e. The van der Waals surface area contributed by atoms with Gasteiger partial charge in [0.05, 0.1) is 5.71 Å². The first kappa shape index (κ1) is 15.4. The Hall–Kier alpha value is -1.61. The molecule has 104 valence electrons. The summed E-state index contributed by atoms with van der Waals surface area (Å²) < 4.78 is 0. The normalized spacial score (nSPS) is 13.5. The molecule has 0 aromatic heterocycles. The van der Waals surface area contributed by atoms with Crippen LogP contribution in [0.15, 0.2) is 41.6 Å². The largest absolute Gasteiger partial charge is 0.399 e. The van der Waals surface area contributed by atoms with Gasteiger partial charge in [-0.3, -0.25) is 0 Å². The molecule has 2 N–H and O–H groups in total. The predicted molar refractivity (Wildman–Crippen MR) is 81.3 cm³/mol. The number of nitrogens with two attached hydrogens (primary N) is 1. The molecule has 1 aromatic carbocycles. The molecule has 19 heavy (non-hydrogen) atoms. The molecular formula is C16H24N2O. The third kappa shape index (κ3) is 4.52. The lowest BCUT2D eigenvalue weighted by atomic mass is 9.93. The van der Waals surface area contributed by atoms with Crippen LogP contribution >= 0.6 is 0 Å². The fraction of sp³-hybridized carbons (Fsp3) is 0.438. The first-order valence-corrected chi connectivity index (χ1v) is 6.57. The third-order valence-electron chi connectivity index (χ3n) is 3.27. The van der Waals surface area contributed by atoms with Crippen molar-refractivity contribution in [1.82, 2.24) is 0 Å². The van der Waals surface area contributed by atoms with Gasteiger partial charge in [-0.1, -0.05) is 55.4 Å². The highest BCUT2D eigenvalue weighted by Crippen LogP contribution is 2.15. The van der Waals surface area contributed by atoms with Gasteiger partial charge in [-0.2, -0.15) is 0 Å². The molecule has 0 amide bonds. The minimum absolute atomic E-state index is 0.0135. The maximum atomic E-state index is 6.15. The van der Waals surface area contributed by atoms with E-state index in [9.17, 15) is 0 Å². The van der Waals surface area contributed by atoms with Gasteiger partial charge < -0.3 is 10.6 Å². The third-order valence-corrected chi connectivity index (χ3v) is 3.27. The first-order chi connectivity index (χ1) is 8.95. The van der Waals surface area contributed by atoms with Crippen molar-refractivity contribution in [1.29, 1.82) is 0 Å². The van der Waals surface area contributed by atoms with Crippen LogP contribution in [0.25, 0.3) is 0 Å². The lowest BCUT2D eigenvalue weighted by Crippen LogP contribution is -2.27. The first-order valence-electron chi connectivity index (χ1n) is 6.57. The van der Waals surface area contributed by atoms with Crippen molar-refractivity contribution in [3.8, 4) is 0 Å². The number of rotatable bonds is 6. The molecule has 0 fully saturated rings. The summed E-state index contributed by atoms with van der Waals surface area (Å²) in [5.74, 6) is 0.422. The summed E-state index contributed by atoms with van der Waals surface area (Å²) in [5, 5.41) is 3.91. The van der Waals surface area contributed by atoms with Crippen molar-refractivity contribution in [3.63, 3.8) is 0 Å². The molecule has 0 aliphatic rings. The van der Waals surface area contributed by atoms with Crippen molar-refractivity contribution >= 4 is 5.71 Å². The average Bonchev–Trinajstić information content (AvgIpc) is 2.38. The summed E-state index contributed by atoms with van der Waals surface area (Å²) in [6, 6.07) is 8.25. The van der Waals surface area contributed by atoms with E-state index in [1.165, 1.54) is 5.56 Å². The van der Waals surface area contributed by atoms with Crippen LogP contribution in [-0.4, -0.2) is 18.9 Å². The summed E-state index contributed by atoms with van der Waals surface area (Å²) in [5.41, 5.74) is 10.4. The maximum absolute atomic E-state index is 6.15. The van der Waals surface area contributed by atoms with E-state index in [0.29, 0.717) is 5.92 Å². The highest BCUT2D eigenvalue weighted by molar-refractivity contribution is 5.98. The molecule has 0 saturated heterocycles. The van der Waals surface area contributed by atoms with Gasteiger partial charge in [0.25, 0.3) is 0 Å². The fourth-order valence-electron chi connectivity index (χ4n) is 1.88. The molecule has 1 rings (SSSR count). The molecule has 0 radical (unpaired) electrons. The minimum atomic E-state index is 0.0135. The van der Waals surface area contributed by atoms with E-state index < -0.39 is 0 Å². The summed E-state index contributed by atoms with van der Waals surface area (Å²) in [6.07, 6.45) is 0.817. The molecule has 1 unspecified atom stereocenters. The van der Waals surface area contributed by atoms with Gasteiger partial charge in [-0.15, -0.1) is 0 Å². The van der Waals surface area contributed by atoms with Crippen molar-refractivity contribution in [3.05, 3.63) is 47.5 Å². The van der Waals surface area contributed by atoms with E-state index in [1.807, 2.05) is 19.1 Å². The summed E-state index contributed by atoms with van der Waals surface area (Å²) >= 11 is 0. The van der Waals surface area contributed by atoms with Gasteiger partial charge in [-0.05, 0) is 30.4 Å². The molecule has 1 atom stereocenters. The second-order valence-electron chi connectivity index (χ2n) is 5.10. The van der Waals surface area contributed by atoms with E-state index in [2.05, 4.69) is 37.7 Å². The molecule has 0 aliphatic carbocycles. The Morgan fingerprint density at radius 2 is 1.89 bits per heavy atom. The Morgan fingerprint density at radius 3 is 2.37 bits per heavy atom. The van der Waals surface area contributed by atoms with Crippen LogP contribution in [0.3, 0.4) is 0 Å². The van der Waals surface area contributed by atoms with E-state index in [0.717, 1.165) is 23.3 Å². The van der Waals surface area contributed by atoms with E-state index >= 15 is 0 Å². The molecule has 0 saturated carbocycles. The Bertz CT molecular complexity index is 446. The zero-order valence-corrected chi connectivity index (χ0v) is 12.3. The molecule has 1 aromatic rings. The number of benzene rings is 1. The van der Waals surface area contributed by atoms with Gasteiger partial charge >= 0.3 is 0 Å². The SMILES string of the molecule is C=C(C(C)C)C(N)Cc1ccc(/C(C)=N\OC)cc1. The van der Waals surface area contributed by atoms with Crippen molar-refractivity contribution in [2.24, 2.45) is 16.8 Å². The van der Waals surface area contributed by atoms with Crippen LogP contribution in [0.4, 0.5) is 0 Å². The van der Waals surface area contributed by atoms with Crippen LogP contribution in [0.5, 0.6) is 0 Å². The quantitative estimate of drug-likeness (QED) is 0.485.